The summed E-state index contributed by atoms with van der Waals surface area (Å²) in [6.07, 6.45) is 0.177. The van der Waals surface area contributed by atoms with E-state index in [-0.39, 0.29) is 36.4 Å². The summed E-state index contributed by atoms with van der Waals surface area (Å²) in [6.45, 7) is 0.219. The Hall–Kier alpha value is -5.11. The number of hydrogen-bond acceptors (Lipinski definition) is 5. The molecule has 6 N–H and O–H groups in total. The van der Waals surface area contributed by atoms with E-state index in [1.54, 1.807) is 42.5 Å². The van der Waals surface area contributed by atoms with Gasteiger partial charge in [-0.25, -0.2) is 0 Å². The molecule has 1 unspecified atom stereocenters. The van der Waals surface area contributed by atoms with E-state index < -0.39 is 12.0 Å². The lowest BCUT2D eigenvalue weighted by Crippen LogP contribution is -2.49. The molecule has 2 amide bonds. The molecule has 4 rings (SSSR count). The van der Waals surface area contributed by atoms with Gasteiger partial charge in [-0.05, 0) is 40.5 Å². The highest BCUT2D eigenvalue weighted by atomic mass is 16.4. The molecule has 0 bridgehead atoms. The molecule has 0 aromatic heterocycles. The van der Waals surface area contributed by atoms with E-state index in [2.05, 4.69) is 15.8 Å². The number of amides is 2. The zero-order chi connectivity index (χ0) is 27.6. The van der Waals surface area contributed by atoms with Crippen LogP contribution < -0.4 is 16.4 Å². The summed E-state index contributed by atoms with van der Waals surface area (Å²) in [5.74, 6) is -1.23. The van der Waals surface area contributed by atoms with E-state index in [0.29, 0.717) is 5.56 Å². The SMILES string of the molecule is N/C(=N/O)c1cccc(CC(NC(=O)C(c2ccccc2)c2ccccc2)C(=O)NCc2ccc(O)cc2)c1. The van der Waals surface area contributed by atoms with Crippen LogP contribution in [0.4, 0.5) is 0 Å². The van der Waals surface area contributed by atoms with E-state index >= 15 is 0 Å². The lowest BCUT2D eigenvalue weighted by atomic mass is 9.90. The van der Waals surface area contributed by atoms with E-state index in [1.807, 2.05) is 66.7 Å². The molecule has 1 atom stereocenters. The van der Waals surface area contributed by atoms with Crippen LogP contribution in [0.2, 0.25) is 0 Å². The van der Waals surface area contributed by atoms with Gasteiger partial charge in [0.15, 0.2) is 5.84 Å². The van der Waals surface area contributed by atoms with Crippen LogP contribution in [0.5, 0.6) is 5.75 Å². The molecule has 0 aliphatic rings. The summed E-state index contributed by atoms with van der Waals surface area (Å²) in [6, 6.07) is 31.4. The molecule has 0 heterocycles. The summed E-state index contributed by atoms with van der Waals surface area (Å²) < 4.78 is 0. The van der Waals surface area contributed by atoms with Gasteiger partial charge in [0.25, 0.3) is 0 Å². The van der Waals surface area contributed by atoms with Crippen LogP contribution in [0, 0.1) is 0 Å². The standard InChI is InChI=1S/C31H30N4O4/c32-29(35-39)25-13-7-8-22(18-25)19-27(30(37)33-20-21-14-16-26(36)17-15-21)34-31(38)28(23-9-3-1-4-10-23)24-11-5-2-6-12-24/h1-18,27-28,36,39H,19-20H2,(H2,32,35)(H,33,37)(H,34,38). The minimum Gasteiger partial charge on any atom is -0.508 e. The molecule has 198 valence electrons. The molecule has 4 aromatic rings. The van der Waals surface area contributed by atoms with Crippen molar-refractivity contribution in [2.24, 2.45) is 10.9 Å². The Balaban J connectivity index is 1.61. The molecule has 0 fully saturated rings. The number of oxime groups is 1. The fraction of sp³-hybridized carbons (Fsp3) is 0.129. The predicted molar refractivity (Wildman–Crippen MR) is 149 cm³/mol. The highest BCUT2D eigenvalue weighted by Crippen LogP contribution is 2.25. The molecule has 0 saturated heterocycles. The lowest BCUT2D eigenvalue weighted by molar-refractivity contribution is -0.129. The van der Waals surface area contributed by atoms with Gasteiger partial charge in [0.2, 0.25) is 11.8 Å². The average molecular weight is 523 g/mol. The topological polar surface area (TPSA) is 137 Å². The van der Waals surface area contributed by atoms with Crippen LogP contribution in [0.3, 0.4) is 0 Å². The molecule has 0 spiro atoms. The summed E-state index contributed by atoms with van der Waals surface area (Å²) in [4.78, 5) is 27.2. The summed E-state index contributed by atoms with van der Waals surface area (Å²) in [5, 5.41) is 27.5. The number of carbonyl (C=O) groups is 2. The average Bonchev–Trinajstić information content (AvgIpc) is 2.97. The summed E-state index contributed by atoms with van der Waals surface area (Å²) in [5.41, 5.74) is 9.38. The van der Waals surface area contributed by atoms with Crippen LogP contribution in [0.15, 0.2) is 114 Å². The van der Waals surface area contributed by atoms with Gasteiger partial charge in [0, 0.05) is 18.5 Å². The number of hydrogen-bond donors (Lipinski definition) is 5. The van der Waals surface area contributed by atoms with Crippen LogP contribution in [-0.2, 0) is 22.6 Å². The predicted octanol–water partition coefficient (Wildman–Crippen LogP) is 3.66. The van der Waals surface area contributed by atoms with Gasteiger partial charge in [-0.3, -0.25) is 9.59 Å². The monoisotopic (exact) mass is 522 g/mol. The van der Waals surface area contributed by atoms with Gasteiger partial charge in [-0.15, -0.1) is 0 Å². The second-order valence-electron chi connectivity index (χ2n) is 9.09. The molecule has 8 heteroatoms. The van der Waals surface area contributed by atoms with Gasteiger partial charge in [0.1, 0.15) is 11.8 Å². The maximum absolute atomic E-state index is 13.8. The van der Waals surface area contributed by atoms with Crippen LogP contribution in [0.25, 0.3) is 0 Å². The Bertz CT molecular complexity index is 1380. The normalized spacial score (nSPS) is 12.1. The van der Waals surface area contributed by atoms with Crippen molar-refractivity contribution in [2.75, 3.05) is 0 Å². The van der Waals surface area contributed by atoms with Crippen molar-refractivity contribution in [1.82, 2.24) is 10.6 Å². The minimum absolute atomic E-state index is 0.0533. The number of amidine groups is 1. The molecular formula is C31H30N4O4. The molecule has 0 aliphatic heterocycles. The Morgan fingerprint density at radius 2 is 1.38 bits per heavy atom. The van der Waals surface area contributed by atoms with Crippen molar-refractivity contribution in [3.8, 4) is 5.75 Å². The van der Waals surface area contributed by atoms with Crippen LogP contribution in [-0.4, -0.2) is 34.0 Å². The first kappa shape index (κ1) is 26.9. The minimum atomic E-state index is -0.910. The van der Waals surface area contributed by atoms with Gasteiger partial charge >= 0.3 is 0 Å². The number of nitrogens with two attached hydrogens (primary N) is 1. The number of phenolic OH excluding ortho intramolecular Hbond substituents is 1. The Morgan fingerprint density at radius 1 is 0.769 bits per heavy atom. The highest BCUT2D eigenvalue weighted by molar-refractivity contribution is 5.97. The zero-order valence-corrected chi connectivity index (χ0v) is 21.2. The largest absolute Gasteiger partial charge is 0.508 e. The third-order valence-corrected chi connectivity index (χ3v) is 6.33. The van der Waals surface area contributed by atoms with E-state index in [1.165, 1.54) is 0 Å². The summed E-state index contributed by atoms with van der Waals surface area (Å²) in [7, 11) is 0. The molecule has 0 radical (unpaired) electrons. The van der Waals surface area contributed by atoms with Crippen molar-refractivity contribution in [3.05, 3.63) is 137 Å². The number of phenols is 1. The van der Waals surface area contributed by atoms with Gasteiger partial charge < -0.3 is 26.7 Å². The molecule has 8 nitrogen and oxygen atoms in total. The third-order valence-electron chi connectivity index (χ3n) is 6.33. The number of nitrogens with zero attached hydrogens (tertiary/aromatic N) is 1. The molecule has 4 aromatic carbocycles. The van der Waals surface area contributed by atoms with E-state index in [9.17, 15) is 14.7 Å². The first-order chi connectivity index (χ1) is 18.9. The fourth-order valence-electron chi connectivity index (χ4n) is 4.33. The Kier molecular flexibility index (Phi) is 8.92. The van der Waals surface area contributed by atoms with Crippen molar-refractivity contribution < 1.29 is 19.9 Å². The molecule has 0 aliphatic carbocycles. The Morgan fingerprint density at radius 3 is 1.97 bits per heavy atom. The molecular weight excluding hydrogens is 492 g/mol. The van der Waals surface area contributed by atoms with Gasteiger partial charge in [0.05, 0.1) is 5.92 Å². The summed E-state index contributed by atoms with van der Waals surface area (Å²) >= 11 is 0. The van der Waals surface area contributed by atoms with Gasteiger partial charge in [-0.2, -0.15) is 0 Å². The van der Waals surface area contributed by atoms with E-state index in [0.717, 1.165) is 22.3 Å². The maximum atomic E-state index is 13.8. The number of rotatable bonds is 10. The first-order valence-corrected chi connectivity index (χ1v) is 12.5. The van der Waals surface area contributed by atoms with E-state index in [4.69, 9.17) is 10.9 Å². The van der Waals surface area contributed by atoms with Crippen molar-refractivity contribution >= 4 is 17.6 Å². The van der Waals surface area contributed by atoms with Crippen molar-refractivity contribution in [2.45, 2.75) is 24.9 Å². The number of carbonyl (C=O) groups excluding carboxylic acids is 2. The molecule has 0 saturated carbocycles. The second kappa shape index (κ2) is 12.9. The number of aromatic hydroxyl groups is 1. The van der Waals surface area contributed by atoms with Crippen molar-refractivity contribution in [1.29, 1.82) is 0 Å². The lowest BCUT2D eigenvalue weighted by Gasteiger charge is -2.23. The second-order valence-corrected chi connectivity index (χ2v) is 9.09. The fourth-order valence-corrected chi connectivity index (χ4v) is 4.33. The van der Waals surface area contributed by atoms with Gasteiger partial charge in [-0.1, -0.05) is 96.2 Å². The zero-order valence-electron chi connectivity index (χ0n) is 21.2. The van der Waals surface area contributed by atoms with Crippen LogP contribution in [0.1, 0.15) is 33.7 Å². The third kappa shape index (κ3) is 7.23. The first-order valence-electron chi connectivity index (χ1n) is 12.5. The number of benzene rings is 4. The number of nitrogens with one attached hydrogen (secondary N) is 2. The van der Waals surface area contributed by atoms with Crippen molar-refractivity contribution in [3.63, 3.8) is 0 Å². The van der Waals surface area contributed by atoms with Crippen LogP contribution >= 0.6 is 0 Å². The Labute approximate surface area is 226 Å². The molecule has 39 heavy (non-hydrogen) atoms. The highest BCUT2D eigenvalue weighted by Gasteiger charge is 2.28. The quantitative estimate of drug-likeness (QED) is 0.0937. The smallest absolute Gasteiger partial charge is 0.243 e. The maximum Gasteiger partial charge on any atom is 0.243 e.